The summed E-state index contributed by atoms with van der Waals surface area (Å²) in [4.78, 5) is 0. The first-order valence-corrected chi connectivity index (χ1v) is 4.38. The van der Waals surface area contributed by atoms with E-state index in [0.717, 1.165) is 6.07 Å². The van der Waals surface area contributed by atoms with Crippen LogP contribution in [-0.4, -0.2) is 6.98 Å². The monoisotopic (exact) mass is 251 g/mol. The molecule has 1 nitrogen and oxygen atoms in total. The molecule has 0 amide bonds. The molecule has 0 heterocycles. The third kappa shape index (κ3) is 3.82. The van der Waals surface area contributed by atoms with Crippen molar-refractivity contribution in [3.8, 4) is 12.3 Å². The van der Waals surface area contributed by atoms with Crippen molar-refractivity contribution >= 4 is 18.1 Å². The van der Waals surface area contributed by atoms with Crippen molar-refractivity contribution in [2.75, 3.05) is 5.73 Å². The molecule has 0 fully saturated rings. The Labute approximate surface area is 135 Å². The summed E-state index contributed by atoms with van der Waals surface area (Å²) in [6, 6.07) is 2.56. The molecular weight excluding hydrogens is 241 g/mol. The molecule has 0 atom stereocenters. The van der Waals surface area contributed by atoms with Crippen LogP contribution in [0.15, 0.2) is 12.1 Å². The van der Waals surface area contributed by atoms with Crippen LogP contribution in [-0.2, 0) is 6.42 Å². The molecule has 1 aromatic rings. The van der Waals surface area contributed by atoms with E-state index >= 15 is 0 Å². The molecule has 0 saturated heterocycles. The number of hydrogen-bond donors (Lipinski definition) is 1. The van der Waals surface area contributed by atoms with Gasteiger partial charge in [0.25, 0.3) is 0 Å². The van der Waals surface area contributed by atoms with E-state index in [1.54, 1.807) is 0 Å². The van der Waals surface area contributed by atoms with Crippen LogP contribution in [0.3, 0.4) is 0 Å². The van der Waals surface area contributed by atoms with Gasteiger partial charge in [0.2, 0.25) is 0 Å². The number of nitrogen functional groups attached to an aromatic ring is 1. The number of halogens is 3. The molecule has 0 spiro atoms. The van der Waals surface area contributed by atoms with Gasteiger partial charge in [-0.1, -0.05) is 11.6 Å². The Hall–Kier alpha value is 0.0713. The van der Waals surface area contributed by atoms with Crippen LogP contribution in [0.25, 0.3) is 0 Å². The van der Waals surface area contributed by atoms with Crippen molar-refractivity contribution in [3.05, 3.63) is 23.3 Å². The van der Waals surface area contributed by atoms with Crippen molar-refractivity contribution in [1.82, 2.24) is 0 Å². The van der Waals surface area contributed by atoms with Crippen LogP contribution in [0.2, 0.25) is 0 Å². The number of hydrogen-bond acceptors (Lipinski definition) is 1. The van der Waals surface area contributed by atoms with Gasteiger partial charge in [0.15, 0.2) is 0 Å². The summed E-state index contributed by atoms with van der Waals surface area (Å²) in [6.45, 7) is -3.67. The summed E-state index contributed by atoms with van der Waals surface area (Å²) in [5, 5.41) is 0. The Morgan fingerprint density at radius 2 is 1.94 bits per heavy atom. The van der Waals surface area contributed by atoms with Gasteiger partial charge in [-0.15, -0.1) is 17.8 Å². The molecule has 0 radical (unpaired) electrons. The second kappa shape index (κ2) is 6.13. The van der Waals surface area contributed by atoms with E-state index in [0.29, 0.717) is 5.56 Å². The maximum atomic E-state index is 12.6. The summed E-state index contributed by atoms with van der Waals surface area (Å²) in [5.74, 6) is 2.29. The van der Waals surface area contributed by atoms with Gasteiger partial charge in [-0.3, -0.25) is 0 Å². The standard InChI is InChI=1S/C10H10BF3N.K/c1-3-4-8-5-9(11(12,13)14)7(2)10(15)6-8;/h1,5-6H,4,15H2,2H3;/q-1;+1. The largest absolute Gasteiger partial charge is 1.00 e. The van der Waals surface area contributed by atoms with Gasteiger partial charge in [0.05, 0.1) is 0 Å². The zero-order valence-electron chi connectivity index (χ0n) is 9.23. The van der Waals surface area contributed by atoms with Crippen LogP contribution in [0, 0.1) is 19.3 Å². The van der Waals surface area contributed by atoms with Crippen molar-refractivity contribution in [2.24, 2.45) is 0 Å². The smallest absolute Gasteiger partial charge is 0.445 e. The normalized spacial score (nSPS) is 10.4. The van der Waals surface area contributed by atoms with Crippen LogP contribution in [0.4, 0.5) is 18.6 Å². The molecule has 1 aromatic carbocycles. The maximum absolute atomic E-state index is 12.6. The Morgan fingerprint density at radius 3 is 2.38 bits per heavy atom. The molecule has 0 aliphatic carbocycles. The minimum Gasteiger partial charge on any atom is -0.445 e. The zero-order valence-corrected chi connectivity index (χ0v) is 12.4. The third-order valence-corrected chi connectivity index (χ3v) is 2.21. The van der Waals surface area contributed by atoms with E-state index in [2.05, 4.69) is 5.92 Å². The quantitative estimate of drug-likeness (QED) is 0.399. The summed E-state index contributed by atoms with van der Waals surface area (Å²) in [7, 11) is 0. The average Bonchev–Trinajstić information content (AvgIpc) is 2.09. The fourth-order valence-corrected chi connectivity index (χ4v) is 1.38. The first kappa shape index (κ1) is 16.1. The molecule has 0 aromatic heterocycles. The van der Waals surface area contributed by atoms with E-state index in [-0.39, 0.29) is 69.1 Å². The molecule has 2 N–H and O–H groups in total. The number of terminal acetylenes is 1. The van der Waals surface area contributed by atoms with E-state index < -0.39 is 12.4 Å². The molecule has 80 valence electrons. The average molecular weight is 251 g/mol. The minimum absolute atomic E-state index is 0. The summed E-state index contributed by atoms with van der Waals surface area (Å²) in [6.07, 6.45) is 5.20. The summed E-state index contributed by atoms with van der Waals surface area (Å²) >= 11 is 0. The van der Waals surface area contributed by atoms with Crippen molar-refractivity contribution in [1.29, 1.82) is 0 Å². The molecule has 0 aliphatic rings. The summed E-state index contributed by atoms with van der Waals surface area (Å²) < 4.78 is 37.8. The van der Waals surface area contributed by atoms with E-state index in [1.165, 1.54) is 13.0 Å². The molecule has 0 bridgehead atoms. The second-order valence-corrected chi connectivity index (χ2v) is 3.35. The molecule has 16 heavy (non-hydrogen) atoms. The van der Waals surface area contributed by atoms with Crippen molar-refractivity contribution < 1.29 is 64.3 Å². The first-order valence-electron chi connectivity index (χ1n) is 4.38. The van der Waals surface area contributed by atoms with Gasteiger partial charge in [-0.2, -0.15) is 0 Å². The molecular formula is C10H10BF3KN. The van der Waals surface area contributed by atoms with Crippen LogP contribution >= 0.6 is 0 Å². The van der Waals surface area contributed by atoms with Gasteiger partial charge in [-0.25, -0.2) is 0 Å². The van der Waals surface area contributed by atoms with Crippen LogP contribution in [0.1, 0.15) is 11.1 Å². The topological polar surface area (TPSA) is 26.0 Å². The Morgan fingerprint density at radius 1 is 1.38 bits per heavy atom. The number of benzene rings is 1. The molecule has 0 aliphatic heterocycles. The fourth-order valence-electron chi connectivity index (χ4n) is 1.38. The predicted octanol–water partition coefficient (Wildman–Crippen LogP) is -1.19. The number of rotatable bonds is 2. The number of nitrogens with two attached hydrogens (primary N) is 1. The van der Waals surface area contributed by atoms with Crippen LogP contribution < -0.4 is 62.6 Å². The third-order valence-electron chi connectivity index (χ3n) is 2.21. The van der Waals surface area contributed by atoms with Crippen molar-refractivity contribution in [2.45, 2.75) is 13.3 Å². The SMILES string of the molecule is C#CCc1cc(N)c(C)c([B-](F)(F)F)c1.[K+]. The minimum atomic E-state index is -5.03. The Bertz CT molecular complexity index is 423. The summed E-state index contributed by atoms with van der Waals surface area (Å²) in [5.41, 5.74) is 5.47. The predicted molar refractivity (Wildman–Crippen MR) is 56.8 cm³/mol. The molecule has 6 heteroatoms. The maximum Gasteiger partial charge on any atom is 1.00 e. The van der Waals surface area contributed by atoms with Gasteiger partial charge in [0, 0.05) is 12.1 Å². The first-order chi connectivity index (χ1) is 6.86. The van der Waals surface area contributed by atoms with Gasteiger partial charge in [0.1, 0.15) is 0 Å². The van der Waals surface area contributed by atoms with Crippen LogP contribution in [0.5, 0.6) is 0 Å². The van der Waals surface area contributed by atoms with Gasteiger partial charge >= 0.3 is 58.4 Å². The van der Waals surface area contributed by atoms with Gasteiger partial charge < -0.3 is 18.7 Å². The van der Waals surface area contributed by atoms with Crippen molar-refractivity contribution in [3.63, 3.8) is 0 Å². The van der Waals surface area contributed by atoms with E-state index in [1.807, 2.05) is 0 Å². The number of anilines is 1. The molecule has 1 rings (SSSR count). The fraction of sp³-hybridized carbons (Fsp3) is 0.200. The Balaban J connectivity index is 0.00000225. The second-order valence-electron chi connectivity index (χ2n) is 3.35. The Kier molecular flexibility index (Phi) is 6.15. The zero-order chi connectivity index (χ0) is 11.6. The molecule has 0 unspecified atom stereocenters. The van der Waals surface area contributed by atoms with Gasteiger partial charge in [-0.05, 0) is 18.6 Å². The van der Waals surface area contributed by atoms with E-state index in [4.69, 9.17) is 12.2 Å². The molecule has 0 saturated carbocycles. The van der Waals surface area contributed by atoms with E-state index in [9.17, 15) is 12.9 Å².